The highest BCUT2D eigenvalue weighted by Crippen LogP contribution is 2.33. The van der Waals surface area contributed by atoms with E-state index in [0.717, 1.165) is 28.2 Å². The molecule has 0 bridgehead atoms. The minimum absolute atomic E-state index is 0.0591. The van der Waals surface area contributed by atoms with E-state index < -0.39 is 0 Å². The number of rotatable bonds is 7. The molecular weight excluding hydrogens is 397 g/mol. The van der Waals surface area contributed by atoms with Crippen LogP contribution in [0.5, 0.6) is 0 Å². The monoisotopic (exact) mass is 419 g/mol. The van der Waals surface area contributed by atoms with Crippen LogP contribution in [0.1, 0.15) is 5.69 Å². The van der Waals surface area contributed by atoms with E-state index in [1.807, 2.05) is 25.1 Å². The van der Waals surface area contributed by atoms with Gasteiger partial charge in [-0.25, -0.2) is 4.39 Å². The summed E-state index contributed by atoms with van der Waals surface area (Å²) < 4.78 is 16.3. The van der Waals surface area contributed by atoms with E-state index >= 15 is 0 Å². The molecule has 4 N–H and O–H groups in total. The fourth-order valence-electron chi connectivity index (χ4n) is 3.30. The number of H-pyrrole nitrogens is 1. The van der Waals surface area contributed by atoms with Gasteiger partial charge in [0.2, 0.25) is 5.91 Å². The summed E-state index contributed by atoms with van der Waals surface area (Å²) in [6, 6.07) is 10.7. The number of aromatic nitrogens is 5. The summed E-state index contributed by atoms with van der Waals surface area (Å²) in [5, 5.41) is 14.1. The number of hydrogen-bond acceptors (Lipinski definition) is 5. The van der Waals surface area contributed by atoms with Crippen molar-refractivity contribution in [2.24, 2.45) is 5.73 Å². The summed E-state index contributed by atoms with van der Waals surface area (Å²) in [6.07, 6.45) is 5.06. The summed E-state index contributed by atoms with van der Waals surface area (Å²) in [6.45, 7) is 2.71. The average molecular weight is 419 g/mol. The van der Waals surface area contributed by atoms with Gasteiger partial charge in [-0.1, -0.05) is 12.1 Å². The fourth-order valence-corrected chi connectivity index (χ4v) is 3.30. The van der Waals surface area contributed by atoms with Gasteiger partial charge in [0.05, 0.1) is 36.9 Å². The van der Waals surface area contributed by atoms with Gasteiger partial charge in [0.1, 0.15) is 5.82 Å². The molecule has 9 heteroatoms. The van der Waals surface area contributed by atoms with Gasteiger partial charge < -0.3 is 11.1 Å². The maximum Gasteiger partial charge on any atom is 0.233 e. The van der Waals surface area contributed by atoms with Gasteiger partial charge >= 0.3 is 0 Å². The van der Waals surface area contributed by atoms with E-state index in [1.165, 1.54) is 6.07 Å². The van der Waals surface area contributed by atoms with Crippen LogP contribution in [0.4, 0.5) is 4.39 Å². The molecule has 0 unspecified atom stereocenters. The lowest BCUT2D eigenvalue weighted by atomic mass is 9.99. The van der Waals surface area contributed by atoms with Crippen LogP contribution in [0.15, 0.2) is 55.0 Å². The first-order chi connectivity index (χ1) is 15.0. The van der Waals surface area contributed by atoms with Gasteiger partial charge in [-0.3, -0.25) is 19.6 Å². The molecule has 0 fully saturated rings. The number of benzene rings is 1. The zero-order valence-corrected chi connectivity index (χ0v) is 17.0. The molecule has 1 amide bonds. The number of amides is 1. The molecule has 0 aliphatic heterocycles. The van der Waals surface area contributed by atoms with Gasteiger partial charge in [0, 0.05) is 35.1 Å². The van der Waals surface area contributed by atoms with Crippen molar-refractivity contribution in [3.8, 4) is 33.6 Å². The van der Waals surface area contributed by atoms with Crippen molar-refractivity contribution in [2.45, 2.75) is 13.5 Å². The number of hydrogen-bond donors (Lipinski definition) is 3. The first-order valence-electron chi connectivity index (χ1n) is 9.82. The molecule has 1 aromatic carbocycles. The van der Waals surface area contributed by atoms with Crippen molar-refractivity contribution in [1.29, 1.82) is 0 Å². The number of carbonyl (C=O) groups excluding carboxylic acids is 1. The van der Waals surface area contributed by atoms with Crippen molar-refractivity contribution < 1.29 is 9.18 Å². The van der Waals surface area contributed by atoms with Crippen molar-refractivity contribution in [3.05, 3.63) is 66.5 Å². The molecule has 4 rings (SSSR count). The number of carbonyl (C=O) groups is 1. The van der Waals surface area contributed by atoms with Crippen LogP contribution < -0.4 is 11.1 Å². The molecule has 0 saturated carbocycles. The van der Waals surface area contributed by atoms with Gasteiger partial charge in [-0.15, -0.1) is 0 Å². The topological polar surface area (TPSA) is 115 Å². The van der Waals surface area contributed by atoms with E-state index in [0.29, 0.717) is 24.2 Å². The zero-order valence-electron chi connectivity index (χ0n) is 17.0. The summed E-state index contributed by atoms with van der Waals surface area (Å²) in [7, 11) is 0. The molecule has 0 atom stereocenters. The van der Waals surface area contributed by atoms with Crippen molar-refractivity contribution in [3.63, 3.8) is 0 Å². The highest BCUT2D eigenvalue weighted by molar-refractivity contribution is 5.81. The summed E-state index contributed by atoms with van der Waals surface area (Å²) >= 11 is 0. The van der Waals surface area contributed by atoms with E-state index in [9.17, 15) is 9.18 Å². The summed E-state index contributed by atoms with van der Waals surface area (Å²) in [4.78, 5) is 15.8. The zero-order chi connectivity index (χ0) is 21.8. The standard InChI is InChI=1S/C22H22FN7O/c1-14-3-2-4-20(28-14)22-18(12-26-29-22)15-5-6-19(23)17(9-15)16-11-27-30(13-16)8-7-25-21(31)10-24/h2-6,9,11-13H,7-8,10,24H2,1H3,(H,25,31)(H,26,29). The second kappa shape index (κ2) is 8.88. The molecule has 0 aliphatic rings. The second-order valence-corrected chi connectivity index (χ2v) is 7.06. The number of nitrogens with zero attached hydrogens (tertiary/aromatic N) is 4. The predicted molar refractivity (Wildman–Crippen MR) is 115 cm³/mol. The van der Waals surface area contributed by atoms with Crippen molar-refractivity contribution in [2.75, 3.05) is 13.1 Å². The number of nitrogens with one attached hydrogen (secondary N) is 2. The van der Waals surface area contributed by atoms with Gasteiger partial charge in [0.15, 0.2) is 0 Å². The third-order valence-corrected chi connectivity index (χ3v) is 4.85. The third-order valence-electron chi connectivity index (χ3n) is 4.85. The third kappa shape index (κ3) is 4.51. The Bertz CT molecular complexity index is 1210. The quantitative estimate of drug-likeness (QED) is 0.426. The number of nitrogens with two attached hydrogens (primary N) is 1. The van der Waals surface area contributed by atoms with E-state index in [2.05, 4.69) is 25.6 Å². The largest absolute Gasteiger partial charge is 0.353 e. The molecule has 4 aromatic rings. The van der Waals surface area contributed by atoms with E-state index in [-0.39, 0.29) is 18.3 Å². The SMILES string of the molecule is Cc1cccc(-c2[nH]ncc2-c2ccc(F)c(-c3cnn(CCNC(=O)CN)c3)c2)n1. The first-order valence-corrected chi connectivity index (χ1v) is 9.82. The smallest absolute Gasteiger partial charge is 0.233 e. The summed E-state index contributed by atoms with van der Waals surface area (Å²) in [5.41, 5.74) is 10.4. The minimum atomic E-state index is -0.349. The molecule has 31 heavy (non-hydrogen) atoms. The molecule has 158 valence electrons. The van der Waals surface area contributed by atoms with Crippen molar-refractivity contribution >= 4 is 5.91 Å². The number of pyridine rings is 1. The number of aryl methyl sites for hydroxylation is 1. The predicted octanol–water partition coefficient (Wildman–Crippen LogP) is 2.52. The van der Waals surface area contributed by atoms with Crippen LogP contribution >= 0.6 is 0 Å². The Morgan fingerprint density at radius 1 is 1.19 bits per heavy atom. The second-order valence-electron chi connectivity index (χ2n) is 7.06. The van der Waals surface area contributed by atoms with E-state index in [1.54, 1.807) is 35.4 Å². The van der Waals surface area contributed by atoms with Gasteiger partial charge in [-0.2, -0.15) is 10.2 Å². The Hall–Kier alpha value is -3.85. The van der Waals surface area contributed by atoms with Crippen molar-refractivity contribution in [1.82, 2.24) is 30.3 Å². The minimum Gasteiger partial charge on any atom is -0.353 e. The summed E-state index contributed by atoms with van der Waals surface area (Å²) in [5.74, 6) is -0.580. The Kier molecular flexibility index (Phi) is 5.85. The lowest BCUT2D eigenvalue weighted by Gasteiger charge is -2.07. The van der Waals surface area contributed by atoms with Crippen LogP contribution in [-0.4, -0.2) is 44.0 Å². The normalized spacial score (nSPS) is 10.9. The lowest BCUT2D eigenvalue weighted by molar-refractivity contribution is -0.119. The molecule has 0 aliphatic carbocycles. The Labute approximate surface area is 178 Å². The van der Waals surface area contributed by atoms with Gasteiger partial charge in [0.25, 0.3) is 0 Å². The Morgan fingerprint density at radius 3 is 2.87 bits per heavy atom. The molecule has 0 spiro atoms. The molecular formula is C22H22FN7O. The average Bonchev–Trinajstić information content (AvgIpc) is 3.44. The number of halogens is 1. The van der Waals surface area contributed by atoms with Crippen LogP contribution in [0, 0.1) is 12.7 Å². The maximum absolute atomic E-state index is 14.6. The Morgan fingerprint density at radius 2 is 2.06 bits per heavy atom. The Balaban J connectivity index is 1.61. The van der Waals surface area contributed by atoms with Crippen LogP contribution in [-0.2, 0) is 11.3 Å². The lowest BCUT2D eigenvalue weighted by Crippen LogP contribution is -2.32. The highest BCUT2D eigenvalue weighted by Gasteiger charge is 2.15. The van der Waals surface area contributed by atoms with E-state index in [4.69, 9.17) is 5.73 Å². The fraction of sp³-hybridized carbons (Fsp3) is 0.182. The van der Waals surface area contributed by atoms with Gasteiger partial charge in [-0.05, 0) is 36.8 Å². The number of aromatic amines is 1. The molecule has 3 aromatic heterocycles. The molecule has 0 radical (unpaired) electrons. The molecule has 3 heterocycles. The van der Waals surface area contributed by atoms with Crippen LogP contribution in [0.3, 0.4) is 0 Å². The molecule has 0 saturated heterocycles. The first kappa shape index (κ1) is 20.4. The van der Waals surface area contributed by atoms with Crippen LogP contribution in [0.25, 0.3) is 33.6 Å². The van der Waals surface area contributed by atoms with Crippen LogP contribution in [0.2, 0.25) is 0 Å². The molecule has 8 nitrogen and oxygen atoms in total. The highest BCUT2D eigenvalue weighted by atomic mass is 19.1. The maximum atomic E-state index is 14.6.